The normalized spacial score (nSPS) is 22.1. The molecule has 2 rings (SSSR count). The Bertz CT molecular complexity index is 498. The first-order valence-corrected chi connectivity index (χ1v) is 8.03. The van der Waals surface area contributed by atoms with Crippen LogP contribution in [0.25, 0.3) is 0 Å². The molecule has 0 aliphatic heterocycles. The highest BCUT2D eigenvalue weighted by Crippen LogP contribution is 2.25. The maximum atomic E-state index is 11.7. The van der Waals surface area contributed by atoms with Gasteiger partial charge in [0.2, 0.25) is 0 Å². The number of para-hydroxylation sites is 1. The van der Waals surface area contributed by atoms with Gasteiger partial charge in [-0.3, -0.25) is 0 Å². The molecule has 122 valence electrons. The number of benzene rings is 1. The van der Waals surface area contributed by atoms with Crippen molar-refractivity contribution >= 4 is 17.6 Å². The van der Waals surface area contributed by atoms with Gasteiger partial charge in [-0.15, -0.1) is 0 Å². The van der Waals surface area contributed by atoms with Crippen LogP contribution in [0.2, 0.25) is 5.02 Å². The zero-order chi connectivity index (χ0) is 15.9. The van der Waals surface area contributed by atoms with Crippen LogP contribution in [0.15, 0.2) is 24.3 Å². The Balaban J connectivity index is 1.64. The molecule has 1 saturated carbocycles. The fourth-order valence-electron chi connectivity index (χ4n) is 2.57. The highest BCUT2D eigenvalue weighted by atomic mass is 35.5. The van der Waals surface area contributed by atoms with E-state index in [1.165, 1.54) is 0 Å². The van der Waals surface area contributed by atoms with E-state index in [-0.39, 0.29) is 18.2 Å². The van der Waals surface area contributed by atoms with E-state index >= 15 is 0 Å². The van der Waals surface area contributed by atoms with Crippen LogP contribution in [0.5, 0.6) is 5.75 Å². The number of hydrogen-bond donors (Lipinski definition) is 3. The number of rotatable bonds is 6. The second kappa shape index (κ2) is 8.25. The number of urea groups is 1. The molecule has 1 aromatic carbocycles. The van der Waals surface area contributed by atoms with Gasteiger partial charge in [0.25, 0.3) is 0 Å². The molecule has 3 N–H and O–H groups in total. The summed E-state index contributed by atoms with van der Waals surface area (Å²) in [5.41, 5.74) is 0. The lowest BCUT2D eigenvalue weighted by Crippen LogP contribution is -2.42. The van der Waals surface area contributed by atoms with Crippen molar-refractivity contribution in [2.45, 2.75) is 38.4 Å². The number of amides is 2. The van der Waals surface area contributed by atoms with Gasteiger partial charge in [0.05, 0.1) is 17.7 Å². The number of ether oxygens (including phenoxy) is 1. The Kier molecular flexibility index (Phi) is 6.34. The maximum Gasteiger partial charge on any atom is 0.314 e. The van der Waals surface area contributed by atoms with E-state index < -0.39 is 0 Å². The van der Waals surface area contributed by atoms with Crippen LogP contribution in [0.1, 0.15) is 26.2 Å². The SMILES string of the molecule is CC(CNC(=O)NCC1CCC(O)C1)Oc1ccccc1Cl. The minimum atomic E-state index is -0.212. The van der Waals surface area contributed by atoms with E-state index in [1.807, 2.05) is 19.1 Å². The summed E-state index contributed by atoms with van der Waals surface area (Å²) in [5, 5.41) is 15.6. The third-order valence-electron chi connectivity index (χ3n) is 3.78. The van der Waals surface area contributed by atoms with Crippen molar-refractivity contribution in [2.24, 2.45) is 5.92 Å². The molecule has 2 amide bonds. The molecule has 0 spiro atoms. The Hall–Kier alpha value is -1.46. The number of halogens is 1. The number of nitrogens with one attached hydrogen (secondary N) is 2. The highest BCUT2D eigenvalue weighted by molar-refractivity contribution is 6.32. The van der Waals surface area contributed by atoms with Gasteiger partial charge in [-0.05, 0) is 44.2 Å². The molecule has 1 aliphatic carbocycles. The van der Waals surface area contributed by atoms with Crippen molar-refractivity contribution in [3.63, 3.8) is 0 Å². The monoisotopic (exact) mass is 326 g/mol. The first kappa shape index (κ1) is 16.9. The van der Waals surface area contributed by atoms with Crippen LogP contribution in [-0.2, 0) is 0 Å². The molecule has 3 atom stereocenters. The summed E-state index contributed by atoms with van der Waals surface area (Å²) in [6, 6.07) is 7.04. The molecule has 1 aromatic rings. The topological polar surface area (TPSA) is 70.6 Å². The zero-order valence-corrected chi connectivity index (χ0v) is 13.5. The molecule has 0 saturated heterocycles. The predicted octanol–water partition coefficient (Wildman–Crippen LogP) is 2.57. The fraction of sp³-hybridized carbons (Fsp3) is 0.562. The van der Waals surface area contributed by atoms with Crippen LogP contribution < -0.4 is 15.4 Å². The second-order valence-corrected chi connectivity index (χ2v) is 6.19. The Morgan fingerprint density at radius 2 is 2.18 bits per heavy atom. The van der Waals surface area contributed by atoms with Crippen LogP contribution in [-0.4, -0.2) is 36.4 Å². The number of hydrogen-bond acceptors (Lipinski definition) is 3. The summed E-state index contributed by atoms with van der Waals surface area (Å²) in [6.07, 6.45) is 2.18. The summed E-state index contributed by atoms with van der Waals surface area (Å²) in [5.74, 6) is 0.983. The maximum absolute atomic E-state index is 11.7. The number of carbonyl (C=O) groups excluding carboxylic acids is 1. The van der Waals surface area contributed by atoms with Crippen LogP contribution in [0, 0.1) is 5.92 Å². The second-order valence-electron chi connectivity index (χ2n) is 5.78. The average molecular weight is 327 g/mol. The quantitative estimate of drug-likeness (QED) is 0.752. The number of aliphatic hydroxyl groups excluding tert-OH is 1. The van der Waals surface area contributed by atoms with Crippen LogP contribution in [0.3, 0.4) is 0 Å². The lowest BCUT2D eigenvalue weighted by molar-refractivity contribution is 0.177. The van der Waals surface area contributed by atoms with Crippen molar-refractivity contribution in [2.75, 3.05) is 13.1 Å². The molecule has 3 unspecified atom stereocenters. The van der Waals surface area contributed by atoms with Gasteiger partial charge in [-0.1, -0.05) is 23.7 Å². The van der Waals surface area contributed by atoms with E-state index in [0.717, 1.165) is 19.3 Å². The van der Waals surface area contributed by atoms with Gasteiger partial charge in [-0.25, -0.2) is 4.79 Å². The van der Waals surface area contributed by atoms with Gasteiger partial charge in [-0.2, -0.15) is 0 Å². The van der Waals surface area contributed by atoms with Crippen LogP contribution >= 0.6 is 11.6 Å². The Morgan fingerprint density at radius 1 is 1.41 bits per heavy atom. The molecular weight excluding hydrogens is 304 g/mol. The molecule has 5 nitrogen and oxygen atoms in total. The van der Waals surface area contributed by atoms with Crippen molar-refractivity contribution < 1.29 is 14.6 Å². The van der Waals surface area contributed by atoms with Gasteiger partial charge in [0.1, 0.15) is 11.9 Å². The van der Waals surface area contributed by atoms with E-state index in [2.05, 4.69) is 10.6 Å². The molecule has 0 bridgehead atoms. The average Bonchev–Trinajstić information content (AvgIpc) is 2.91. The summed E-state index contributed by atoms with van der Waals surface area (Å²) in [7, 11) is 0. The van der Waals surface area contributed by atoms with Gasteiger partial charge < -0.3 is 20.5 Å². The molecular formula is C16H23ClN2O3. The molecule has 0 radical (unpaired) electrons. The molecule has 1 aliphatic rings. The molecule has 6 heteroatoms. The summed E-state index contributed by atoms with van der Waals surface area (Å²) >= 11 is 6.02. The predicted molar refractivity (Wildman–Crippen MR) is 86.3 cm³/mol. The molecule has 0 heterocycles. The minimum absolute atomic E-state index is 0.182. The third kappa shape index (κ3) is 5.39. The fourth-order valence-corrected chi connectivity index (χ4v) is 2.75. The van der Waals surface area contributed by atoms with Crippen molar-refractivity contribution in [3.8, 4) is 5.75 Å². The number of aliphatic hydroxyl groups is 1. The summed E-state index contributed by atoms with van der Waals surface area (Å²) < 4.78 is 5.68. The van der Waals surface area contributed by atoms with E-state index in [1.54, 1.807) is 12.1 Å². The lowest BCUT2D eigenvalue weighted by Gasteiger charge is -2.17. The Labute approximate surface area is 136 Å². The van der Waals surface area contributed by atoms with E-state index in [4.69, 9.17) is 16.3 Å². The van der Waals surface area contributed by atoms with Crippen molar-refractivity contribution in [3.05, 3.63) is 29.3 Å². The van der Waals surface area contributed by atoms with Crippen LogP contribution in [0.4, 0.5) is 4.79 Å². The van der Waals surface area contributed by atoms with Crippen molar-refractivity contribution in [1.82, 2.24) is 10.6 Å². The number of carbonyl (C=O) groups is 1. The first-order valence-electron chi connectivity index (χ1n) is 7.65. The third-order valence-corrected chi connectivity index (χ3v) is 4.09. The van der Waals surface area contributed by atoms with Gasteiger partial charge in [0, 0.05) is 6.54 Å². The Morgan fingerprint density at radius 3 is 2.86 bits per heavy atom. The first-order chi connectivity index (χ1) is 10.5. The standard InChI is InChI=1S/C16H23ClN2O3/c1-11(22-15-5-3-2-4-14(15)17)9-18-16(21)19-10-12-6-7-13(20)8-12/h2-5,11-13,20H,6-10H2,1H3,(H2,18,19,21). The largest absolute Gasteiger partial charge is 0.487 e. The molecule has 0 aromatic heterocycles. The van der Waals surface area contributed by atoms with Gasteiger partial charge in [0.15, 0.2) is 0 Å². The smallest absolute Gasteiger partial charge is 0.314 e. The molecule has 1 fully saturated rings. The summed E-state index contributed by atoms with van der Waals surface area (Å²) in [4.78, 5) is 11.7. The zero-order valence-electron chi connectivity index (χ0n) is 12.7. The van der Waals surface area contributed by atoms with E-state index in [9.17, 15) is 9.90 Å². The summed E-state index contributed by atoms with van der Waals surface area (Å²) in [6.45, 7) is 2.87. The van der Waals surface area contributed by atoms with E-state index in [0.29, 0.717) is 29.8 Å². The highest BCUT2D eigenvalue weighted by Gasteiger charge is 2.22. The van der Waals surface area contributed by atoms with Crippen molar-refractivity contribution in [1.29, 1.82) is 0 Å². The molecule has 22 heavy (non-hydrogen) atoms. The minimum Gasteiger partial charge on any atom is -0.487 e. The van der Waals surface area contributed by atoms with Gasteiger partial charge >= 0.3 is 6.03 Å². The lowest BCUT2D eigenvalue weighted by atomic mass is 10.1.